The summed E-state index contributed by atoms with van der Waals surface area (Å²) < 4.78 is 5.15. The van der Waals surface area contributed by atoms with Crippen LogP contribution in [0.15, 0.2) is 0 Å². The number of hydrogen-bond donors (Lipinski definition) is 2. The molecule has 0 aromatic heterocycles. The summed E-state index contributed by atoms with van der Waals surface area (Å²) in [5.41, 5.74) is 0.0203. The molecule has 0 aromatic rings. The van der Waals surface area contributed by atoms with Crippen LogP contribution in [0.4, 0.5) is 0 Å². The SMILES string of the molecule is CC(C)(C)COC(=O)CCCCCCCC(=O)O.CCCCCCCCCCCC(=O)O. The smallest absolute Gasteiger partial charge is 0.305 e. The number of carbonyl (C=O) groups excluding carboxylic acids is 1. The van der Waals surface area contributed by atoms with E-state index in [0.717, 1.165) is 44.9 Å². The molecule has 0 saturated carbocycles. The van der Waals surface area contributed by atoms with E-state index in [9.17, 15) is 14.4 Å². The van der Waals surface area contributed by atoms with Crippen molar-refractivity contribution in [2.24, 2.45) is 5.41 Å². The Morgan fingerprint density at radius 3 is 1.28 bits per heavy atom. The first-order valence-corrected chi connectivity index (χ1v) is 12.7. The van der Waals surface area contributed by atoms with Crippen LogP contribution in [0.2, 0.25) is 0 Å². The Balaban J connectivity index is 0. The lowest BCUT2D eigenvalue weighted by Gasteiger charge is -2.17. The van der Waals surface area contributed by atoms with Crippen molar-refractivity contribution in [3.63, 3.8) is 0 Å². The van der Waals surface area contributed by atoms with Gasteiger partial charge in [-0.1, -0.05) is 98.3 Å². The molecule has 2 N–H and O–H groups in total. The lowest BCUT2D eigenvalue weighted by Crippen LogP contribution is -2.18. The molecule has 0 radical (unpaired) electrons. The third kappa shape index (κ3) is 33.1. The van der Waals surface area contributed by atoms with Crippen molar-refractivity contribution < 1.29 is 29.3 Å². The van der Waals surface area contributed by atoms with E-state index in [4.69, 9.17) is 14.9 Å². The molecular formula is C26H50O6. The summed E-state index contributed by atoms with van der Waals surface area (Å²) >= 11 is 0. The van der Waals surface area contributed by atoms with Crippen LogP contribution in [0.1, 0.15) is 137 Å². The molecule has 0 amide bonds. The maximum Gasteiger partial charge on any atom is 0.305 e. The number of carboxylic acid groups (broad SMARTS) is 2. The average Bonchev–Trinajstić information content (AvgIpc) is 2.70. The zero-order chi connectivity index (χ0) is 24.7. The number of aliphatic carboxylic acids is 2. The molecule has 0 aromatic carbocycles. The van der Waals surface area contributed by atoms with Gasteiger partial charge < -0.3 is 14.9 Å². The van der Waals surface area contributed by atoms with E-state index in [1.807, 2.05) is 20.8 Å². The van der Waals surface area contributed by atoms with Crippen LogP contribution >= 0.6 is 0 Å². The van der Waals surface area contributed by atoms with Crippen LogP contribution in [0.25, 0.3) is 0 Å². The van der Waals surface area contributed by atoms with Gasteiger partial charge in [-0.25, -0.2) is 0 Å². The van der Waals surface area contributed by atoms with Crippen molar-refractivity contribution in [2.75, 3.05) is 6.61 Å². The summed E-state index contributed by atoms with van der Waals surface area (Å²) in [4.78, 5) is 31.8. The standard InChI is InChI=1S/C14H26O4.C12H24O2/c1-14(2,3)11-18-13(17)10-8-6-4-5-7-9-12(15)16;1-2-3-4-5-6-7-8-9-10-11-12(13)14/h4-11H2,1-3H3,(H,15,16);2-11H2,1H3,(H,13,14). The van der Waals surface area contributed by atoms with Crippen LogP contribution in [-0.4, -0.2) is 34.7 Å². The van der Waals surface area contributed by atoms with Crippen LogP contribution in [0.3, 0.4) is 0 Å². The Hall–Kier alpha value is -1.59. The monoisotopic (exact) mass is 458 g/mol. The fourth-order valence-electron chi connectivity index (χ4n) is 3.03. The minimum absolute atomic E-state index is 0.0203. The number of rotatable bonds is 19. The minimum Gasteiger partial charge on any atom is -0.481 e. The zero-order valence-corrected chi connectivity index (χ0v) is 21.3. The average molecular weight is 459 g/mol. The van der Waals surface area contributed by atoms with E-state index in [1.54, 1.807) is 0 Å². The molecule has 0 spiro atoms. The van der Waals surface area contributed by atoms with E-state index < -0.39 is 11.9 Å². The van der Waals surface area contributed by atoms with Gasteiger partial charge in [0.05, 0.1) is 6.61 Å². The second-order valence-corrected chi connectivity index (χ2v) is 9.86. The molecule has 0 fully saturated rings. The quantitative estimate of drug-likeness (QED) is 0.155. The molecule has 0 unspecified atom stereocenters. The Bertz CT molecular complexity index is 467. The van der Waals surface area contributed by atoms with Crippen LogP contribution in [0.5, 0.6) is 0 Å². The lowest BCUT2D eigenvalue weighted by molar-refractivity contribution is -0.146. The molecule has 0 aliphatic rings. The molecule has 0 heterocycles. The molecule has 0 bridgehead atoms. The topological polar surface area (TPSA) is 101 Å². The predicted octanol–water partition coefficient (Wildman–Crippen LogP) is 7.38. The first-order chi connectivity index (χ1) is 15.1. The summed E-state index contributed by atoms with van der Waals surface area (Å²) in [6.45, 7) is 8.78. The van der Waals surface area contributed by atoms with Crippen molar-refractivity contribution in [3.8, 4) is 0 Å². The number of unbranched alkanes of at least 4 members (excludes halogenated alkanes) is 12. The van der Waals surface area contributed by atoms with Gasteiger partial charge in [-0.3, -0.25) is 14.4 Å². The normalized spacial score (nSPS) is 10.9. The maximum absolute atomic E-state index is 11.4. The molecule has 0 rings (SSSR count). The van der Waals surface area contributed by atoms with Gasteiger partial charge in [-0.05, 0) is 24.7 Å². The van der Waals surface area contributed by atoms with E-state index in [1.165, 1.54) is 44.9 Å². The number of carboxylic acids is 2. The molecule has 190 valence electrons. The number of carbonyl (C=O) groups is 3. The van der Waals surface area contributed by atoms with E-state index in [2.05, 4.69) is 6.92 Å². The summed E-state index contributed by atoms with van der Waals surface area (Å²) in [6, 6.07) is 0. The maximum atomic E-state index is 11.4. The lowest BCUT2D eigenvalue weighted by atomic mass is 9.99. The van der Waals surface area contributed by atoms with Crippen molar-refractivity contribution in [3.05, 3.63) is 0 Å². The Morgan fingerprint density at radius 2 is 0.938 bits per heavy atom. The first kappa shape index (κ1) is 32.6. The number of ether oxygens (including phenoxy) is 1. The molecule has 32 heavy (non-hydrogen) atoms. The highest BCUT2D eigenvalue weighted by Crippen LogP contribution is 2.14. The van der Waals surface area contributed by atoms with E-state index in [0.29, 0.717) is 19.4 Å². The predicted molar refractivity (Wildman–Crippen MR) is 130 cm³/mol. The second-order valence-electron chi connectivity index (χ2n) is 9.86. The van der Waals surface area contributed by atoms with Gasteiger partial charge in [0, 0.05) is 19.3 Å². The van der Waals surface area contributed by atoms with Crippen LogP contribution < -0.4 is 0 Å². The second kappa shape index (κ2) is 22.6. The first-order valence-electron chi connectivity index (χ1n) is 12.7. The molecule has 0 saturated heterocycles. The van der Waals surface area contributed by atoms with Gasteiger partial charge in [-0.15, -0.1) is 0 Å². The van der Waals surface area contributed by atoms with E-state index in [-0.39, 0.29) is 17.8 Å². The third-order valence-corrected chi connectivity index (χ3v) is 4.93. The Morgan fingerprint density at radius 1 is 0.594 bits per heavy atom. The molecular weight excluding hydrogens is 408 g/mol. The largest absolute Gasteiger partial charge is 0.481 e. The van der Waals surface area contributed by atoms with Gasteiger partial charge in [-0.2, -0.15) is 0 Å². The molecule has 6 heteroatoms. The summed E-state index contributed by atoms with van der Waals surface area (Å²) in [7, 11) is 0. The molecule has 0 aliphatic carbocycles. The van der Waals surface area contributed by atoms with Crippen LogP contribution in [-0.2, 0) is 19.1 Å². The van der Waals surface area contributed by atoms with Crippen molar-refractivity contribution in [2.45, 2.75) is 137 Å². The summed E-state index contributed by atoms with van der Waals surface area (Å²) in [6.07, 6.45) is 16.6. The third-order valence-electron chi connectivity index (χ3n) is 4.93. The van der Waals surface area contributed by atoms with Gasteiger partial charge in [0.1, 0.15) is 0 Å². The fraction of sp³-hybridized carbons (Fsp3) is 0.885. The van der Waals surface area contributed by atoms with Gasteiger partial charge in [0.15, 0.2) is 0 Å². The molecule has 0 aliphatic heterocycles. The van der Waals surface area contributed by atoms with Gasteiger partial charge >= 0.3 is 17.9 Å². The molecule has 0 atom stereocenters. The number of hydrogen-bond acceptors (Lipinski definition) is 4. The number of esters is 1. The van der Waals surface area contributed by atoms with Crippen molar-refractivity contribution >= 4 is 17.9 Å². The van der Waals surface area contributed by atoms with Gasteiger partial charge in [0.25, 0.3) is 0 Å². The zero-order valence-electron chi connectivity index (χ0n) is 21.3. The highest BCUT2D eigenvalue weighted by Gasteiger charge is 2.13. The van der Waals surface area contributed by atoms with Crippen molar-refractivity contribution in [1.82, 2.24) is 0 Å². The fourth-order valence-corrected chi connectivity index (χ4v) is 3.03. The molecule has 6 nitrogen and oxygen atoms in total. The summed E-state index contributed by atoms with van der Waals surface area (Å²) in [5, 5.41) is 16.9. The Labute approximate surface area is 196 Å². The van der Waals surface area contributed by atoms with Gasteiger partial charge in [0.2, 0.25) is 0 Å². The summed E-state index contributed by atoms with van der Waals surface area (Å²) in [5.74, 6) is -1.52. The van der Waals surface area contributed by atoms with Crippen molar-refractivity contribution in [1.29, 1.82) is 0 Å². The minimum atomic E-state index is -0.735. The highest BCUT2D eigenvalue weighted by molar-refractivity contribution is 5.69. The van der Waals surface area contributed by atoms with Crippen LogP contribution in [0, 0.1) is 5.41 Å². The Kier molecular flexibility index (Phi) is 23.0. The highest BCUT2D eigenvalue weighted by atomic mass is 16.5. The van der Waals surface area contributed by atoms with E-state index >= 15 is 0 Å².